The first-order valence-electron chi connectivity index (χ1n) is 7.25. The summed E-state index contributed by atoms with van der Waals surface area (Å²) in [6, 6.07) is 13.2. The minimum Gasteiger partial charge on any atom is -0.323 e. The van der Waals surface area contributed by atoms with E-state index < -0.39 is 22.5 Å². The molecule has 0 heterocycles. The van der Waals surface area contributed by atoms with Crippen molar-refractivity contribution in [2.45, 2.75) is 6.92 Å². The molecule has 1 N–H and O–H groups in total. The first-order valence-corrected chi connectivity index (χ1v) is 9.48. The number of hydrogen-bond donors (Lipinski definition) is 1. The van der Waals surface area contributed by atoms with Gasteiger partial charge in [-0.25, -0.2) is 8.42 Å². The van der Waals surface area contributed by atoms with Crippen LogP contribution in [0.4, 0.5) is 11.4 Å². The molecule has 0 aliphatic heterocycles. The summed E-state index contributed by atoms with van der Waals surface area (Å²) in [7, 11) is -3.70. The number of amides is 1. The van der Waals surface area contributed by atoms with Gasteiger partial charge in [0.25, 0.3) is 0 Å². The van der Waals surface area contributed by atoms with Gasteiger partial charge >= 0.3 is 0 Å². The number of carbonyl (C=O) groups is 1. The first kappa shape index (κ1) is 18.8. The molecule has 2 rings (SSSR count). The third-order valence-corrected chi connectivity index (χ3v) is 5.00. The average molecular weight is 378 g/mol. The van der Waals surface area contributed by atoms with Crippen molar-refractivity contribution in [3.63, 3.8) is 0 Å². The summed E-state index contributed by atoms with van der Waals surface area (Å²) in [5.41, 5.74) is 1.71. The van der Waals surface area contributed by atoms with Gasteiger partial charge in [0.1, 0.15) is 12.6 Å². The Morgan fingerprint density at radius 3 is 2.56 bits per heavy atom. The Bertz CT molecular complexity index is 952. The molecule has 130 valence electrons. The van der Waals surface area contributed by atoms with Crippen molar-refractivity contribution in [1.29, 1.82) is 5.26 Å². The lowest BCUT2D eigenvalue weighted by atomic mass is 10.2. The number of anilines is 2. The molecular weight excluding hydrogens is 362 g/mol. The summed E-state index contributed by atoms with van der Waals surface area (Å²) in [5.74, 6) is -0.565. The van der Waals surface area contributed by atoms with E-state index >= 15 is 0 Å². The fraction of sp³-hybridized carbons (Fsp3) is 0.176. The van der Waals surface area contributed by atoms with Crippen LogP contribution in [0.3, 0.4) is 0 Å². The zero-order valence-electron chi connectivity index (χ0n) is 13.7. The summed E-state index contributed by atoms with van der Waals surface area (Å²) < 4.78 is 25.1. The van der Waals surface area contributed by atoms with Crippen LogP contribution in [-0.2, 0) is 14.8 Å². The number of carbonyl (C=O) groups excluding carboxylic acids is 1. The van der Waals surface area contributed by atoms with Gasteiger partial charge in [-0.2, -0.15) is 5.26 Å². The highest BCUT2D eigenvalue weighted by Gasteiger charge is 2.22. The number of sulfonamides is 1. The largest absolute Gasteiger partial charge is 0.323 e. The second-order valence-corrected chi connectivity index (χ2v) is 7.72. The molecule has 0 saturated heterocycles. The van der Waals surface area contributed by atoms with Crippen molar-refractivity contribution in [3.8, 4) is 6.07 Å². The lowest BCUT2D eigenvalue weighted by Crippen LogP contribution is -2.37. The predicted octanol–water partition coefficient (Wildman–Crippen LogP) is 2.92. The normalized spacial score (nSPS) is 10.8. The van der Waals surface area contributed by atoms with Crippen LogP contribution >= 0.6 is 11.6 Å². The topological polar surface area (TPSA) is 90.3 Å². The molecule has 0 radical (unpaired) electrons. The summed E-state index contributed by atoms with van der Waals surface area (Å²) >= 11 is 6.06. The minimum absolute atomic E-state index is 0.292. The number of halogens is 1. The van der Waals surface area contributed by atoms with E-state index in [1.807, 2.05) is 6.07 Å². The molecule has 2 aromatic carbocycles. The van der Waals surface area contributed by atoms with Crippen LogP contribution in [0.1, 0.15) is 11.1 Å². The van der Waals surface area contributed by atoms with Crippen molar-refractivity contribution < 1.29 is 13.2 Å². The van der Waals surface area contributed by atoms with E-state index in [0.717, 1.165) is 16.1 Å². The van der Waals surface area contributed by atoms with Crippen molar-refractivity contribution in [1.82, 2.24) is 0 Å². The van der Waals surface area contributed by atoms with Gasteiger partial charge in [0, 0.05) is 5.02 Å². The van der Waals surface area contributed by atoms with Crippen LogP contribution in [0.5, 0.6) is 0 Å². The summed E-state index contributed by atoms with van der Waals surface area (Å²) in [6.45, 7) is 1.36. The van der Waals surface area contributed by atoms with Crippen molar-refractivity contribution in [2.24, 2.45) is 0 Å². The fourth-order valence-corrected chi connectivity index (χ4v) is 3.17. The van der Waals surface area contributed by atoms with Gasteiger partial charge in [0.2, 0.25) is 15.9 Å². The Labute approximate surface area is 151 Å². The Hall–Kier alpha value is -2.56. The number of benzene rings is 2. The van der Waals surface area contributed by atoms with Crippen LogP contribution in [0.25, 0.3) is 0 Å². The van der Waals surface area contributed by atoms with Crippen LogP contribution in [0, 0.1) is 18.3 Å². The first-order chi connectivity index (χ1) is 11.7. The molecule has 0 aliphatic rings. The summed E-state index contributed by atoms with van der Waals surface area (Å²) in [6.07, 6.45) is 1.01. The highest BCUT2D eigenvalue weighted by atomic mass is 35.5. The van der Waals surface area contributed by atoms with Crippen molar-refractivity contribution in [3.05, 3.63) is 58.6 Å². The molecule has 0 bridgehead atoms. The van der Waals surface area contributed by atoms with Crippen molar-refractivity contribution in [2.75, 3.05) is 22.4 Å². The third-order valence-electron chi connectivity index (χ3n) is 3.45. The van der Waals surface area contributed by atoms with Crippen LogP contribution in [0.15, 0.2) is 42.5 Å². The number of rotatable bonds is 5. The molecule has 0 atom stereocenters. The smallest absolute Gasteiger partial charge is 0.245 e. The SMILES string of the molecule is Cc1ccc(N(CC(=O)Nc2ccccc2C#N)S(C)(=O)=O)cc1Cl. The van der Waals surface area contributed by atoms with Crippen molar-refractivity contribution >= 4 is 38.9 Å². The number of aryl methyl sites for hydroxylation is 1. The third kappa shape index (κ3) is 4.72. The number of nitrogens with zero attached hydrogens (tertiary/aromatic N) is 2. The van der Waals surface area contributed by atoms with Gasteiger partial charge < -0.3 is 5.32 Å². The van der Waals surface area contributed by atoms with Gasteiger partial charge in [0.15, 0.2) is 0 Å². The molecule has 0 fully saturated rings. The van der Waals surface area contributed by atoms with Crippen LogP contribution in [0.2, 0.25) is 5.02 Å². The molecule has 2 aromatic rings. The zero-order chi connectivity index (χ0) is 18.6. The molecule has 1 amide bonds. The van der Waals surface area contributed by atoms with E-state index in [1.165, 1.54) is 6.07 Å². The maximum atomic E-state index is 12.3. The molecule has 0 unspecified atom stereocenters. The quantitative estimate of drug-likeness (QED) is 0.867. The van der Waals surface area contributed by atoms with E-state index in [9.17, 15) is 13.2 Å². The van der Waals surface area contributed by atoms with Crippen LogP contribution < -0.4 is 9.62 Å². The lowest BCUT2D eigenvalue weighted by molar-refractivity contribution is -0.114. The summed E-state index contributed by atoms with van der Waals surface area (Å²) in [4.78, 5) is 12.3. The van der Waals surface area contributed by atoms with Gasteiger partial charge in [-0.05, 0) is 36.8 Å². The number of hydrogen-bond acceptors (Lipinski definition) is 4. The number of para-hydroxylation sites is 1. The Morgan fingerprint density at radius 2 is 1.96 bits per heavy atom. The molecule has 0 aromatic heterocycles. The van der Waals surface area contributed by atoms with E-state index in [2.05, 4.69) is 5.32 Å². The van der Waals surface area contributed by atoms with Crippen LogP contribution in [-0.4, -0.2) is 27.1 Å². The summed E-state index contributed by atoms with van der Waals surface area (Å²) in [5, 5.41) is 12.0. The minimum atomic E-state index is -3.70. The highest BCUT2D eigenvalue weighted by Crippen LogP contribution is 2.25. The molecule has 0 aliphatic carbocycles. The molecule has 0 saturated carbocycles. The predicted molar refractivity (Wildman–Crippen MR) is 98.2 cm³/mol. The molecule has 25 heavy (non-hydrogen) atoms. The maximum absolute atomic E-state index is 12.3. The molecule has 8 heteroatoms. The lowest BCUT2D eigenvalue weighted by Gasteiger charge is -2.22. The second-order valence-electron chi connectivity index (χ2n) is 5.41. The maximum Gasteiger partial charge on any atom is 0.245 e. The zero-order valence-corrected chi connectivity index (χ0v) is 15.2. The monoisotopic (exact) mass is 377 g/mol. The fourth-order valence-electron chi connectivity index (χ4n) is 2.15. The molecular formula is C17H16ClN3O3S. The Balaban J connectivity index is 2.27. The van der Waals surface area contributed by atoms with Gasteiger partial charge in [-0.1, -0.05) is 29.8 Å². The molecule has 0 spiro atoms. The number of nitrogens with one attached hydrogen (secondary N) is 1. The Morgan fingerprint density at radius 1 is 1.28 bits per heavy atom. The Kier molecular flexibility index (Phi) is 5.67. The van der Waals surface area contributed by atoms with E-state index in [-0.39, 0.29) is 0 Å². The average Bonchev–Trinajstić information content (AvgIpc) is 2.55. The van der Waals surface area contributed by atoms with Gasteiger partial charge in [-0.15, -0.1) is 0 Å². The molecule has 6 nitrogen and oxygen atoms in total. The van der Waals surface area contributed by atoms with E-state index in [0.29, 0.717) is 22.0 Å². The standard InChI is InChI=1S/C17H16ClN3O3S/c1-12-7-8-14(9-15(12)18)21(25(2,23)24)11-17(22)20-16-6-4-3-5-13(16)10-19/h3-9H,11H2,1-2H3,(H,20,22). The number of nitriles is 1. The van der Waals surface area contributed by atoms with E-state index in [4.69, 9.17) is 16.9 Å². The van der Waals surface area contributed by atoms with Gasteiger partial charge in [0.05, 0.1) is 23.2 Å². The second kappa shape index (κ2) is 7.55. The van der Waals surface area contributed by atoms with Gasteiger partial charge in [-0.3, -0.25) is 9.10 Å². The highest BCUT2D eigenvalue weighted by molar-refractivity contribution is 7.92. The van der Waals surface area contributed by atoms with E-state index in [1.54, 1.807) is 43.3 Å².